The van der Waals surface area contributed by atoms with E-state index in [4.69, 9.17) is 0 Å². The Hall–Kier alpha value is -2.41. The van der Waals surface area contributed by atoms with Crippen molar-refractivity contribution in [1.82, 2.24) is 15.1 Å². The summed E-state index contributed by atoms with van der Waals surface area (Å²) < 4.78 is 0. The summed E-state index contributed by atoms with van der Waals surface area (Å²) >= 11 is 0. The zero-order valence-corrected chi connectivity index (χ0v) is 17.4. The van der Waals surface area contributed by atoms with Crippen LogP contribution in [-0.4, -0.2) is 66.3 Å². The van der Waals surface area contributed by atoms with Gasteiger partial charge in [0.2, 0.25) is 11.8 Å². The Balaban J connectivity index is 1.49. The molecule has 3 amide bonds. The average Bonchev–Trinajstić information content (AvgIpc) is 3.53. The van der Waals surface area contributed by atoms with Gasteiger partial charge in [-0.1, -0.05) is 12.1 Å². The second-order valence-electron chi connectivity index (χ2n) is 7.90. The first-order chi connectivity index (χ1) is 14.0. The Labute approximate surface area is 172 Å². The number of piperidine rings is 1. The van der Waals surface area contributed by atoms with Crippen molar-refractivity contribution in [1.29, 1.82) is 0 Å². The van der Waals surface area contributed by atoms with Crippen molar-refractivity contribution < 1.29 is 14.4 Å². The van der Waals surface area contributed by atoms with Crippen molar-refractivity contribution in [2.24, 2.45) is 5.92 Å². The Morgan fingerprint density at radius 3 is 2.31 bits per heavy atom. The zero-order chi connectivity index (χ0) is 20.8. The number of anilines is 1. The molecule has 0 atom stereocenters. The van der Waals surface area contributed by atoms with Gasteiger partial charge in [-0.25, -0.2) is 0 Å². The molecule has 7 heteroatoms. The van der Waals surface area contributed by atoms with Crippen molar-refractivity contribution in [2.45, 2.75) is 45.6 Å². The van der Waals surface area contributed by atoms with Gasteiger partial charge in [-0.2, -0.15) is 0 Å². The van der Waals surface area contributed by atoms with E-state index in [0.717, 1.165) is 51.9 Å². The number of nitrogens with one attached hydrogen (secondary N) is 2. The molecule has 0 radical (unpaired) electrons. The molecule has 0 aromatic heterocycles. The van der Waals surface area contributed by atoms with E-state index in [1.54, 1.807) is 18.2 Å². The van der Waals surface area contributed by atoms with Crippen LogP contribution in [0.15, 0.2) is 24.3 Å². The van der Waals surface area contributed by atoms with Crippen LogP contribution in [0.25, 0.3) is 0 Å². The van der Waals surface area contributed by atoms with Crippen LogP contribution in [0.2, 0.25) is 0 Å². The zero-order valence-electron chi connectivity index (χ0n) is 17.4. The maximum absolute atomic E-state index is 12.5. The van der Waals surface area contributed by atoms with E-state index in [1.807, 2.05) is 24.8 Å². The van der Waals surface area contributed by atoms with Crippen molar-refractivity contribution in [3.63, 3.8) is 0 Å². The fourth-order valence-electron chi connectivity index (χ4n) is 3.81. The molecule has 7 nitrogen and oxygen atoms in total. The molecular weight excluding hydrogens is 368 g/mol. The third-order valence-electron chi connectivity index (χ3n) is 5.74. The molecule has 2 aliphatic rings. The van der Waals surface area contributed by atoms with Crippen LogP contribution in [0.5, 0.6) is 0 Å². The normalized spacial score (nSPS) is 17.6. The van der Waals surface area contributed by atoms with E-state index in [2.05, 4.69) is 15.5 Å². The number of rotatable bonds is 8. The first kappa shape index (κ1) is 21.3. The molecule has 0 unspecified atom stereocenters. The number of hydrogen-bond donors (Lipinski definition) is 2. The van der Waals surface area contributed by atoms with Gasteiger partial charge < -0.3 is 15.5 Å². The van der Waals surface area contributed by atoms with Gasteiger partial charge in [-0.05, 0) is 64.8 Å². The molecule has 158 valence electrons. The van der Waals surface area contributed by atoms with E-state index in [0.29, 0.717) is 11.3 Å². The van der Waals surface area contributed by atoms with Crippen LogP contribution < -0.4 is 10.6 Å². The van der Waals surface area contributed by atoms with E-state index in [-0.39, 0.29) is 36.2 Å². The van der Waals surface area contributed by atoms with Crippen LogP contribution in [0.1, 0.15) is 49.9 Å². The van der Waals surface area contributed by atoms with Gasteiger partial charge in [-0.15, -0.1) is 0 Å². The van der Waals surface area contributed by atoms with E-state index >= 15 is 0 Å². The standard InChI is InChI=1S/C22H32N4O3/c1-3-26(4-2)22(29)16-11-13-25(14-12-16)15-20(27)24-19-8-6-5-7-18(19)21(28)23-17-9-10-17/h5-8,16-17H,3-4,9-15H2,1-2H3,(H,23,28)(H,24,27). The van der Waals surface area contributed by atoms with Gasteiger partial charge in [-0.3, -0.25) is 19.3 Å². The first-order valence-corrected chi connectivity index (χ1v) is 10.7. The minimum Gasteiger partial charge on any atom is -0.349 e. The first-order valence-electron chi connectivity index (χ1n) is 10.7. The summed E-state index contributed by atoms with van der Waals surface area (Å²) in [5.41, 5.74) is 1.04. The Bertz CT molecular complexity index is 735. The van der Waals surface area contributed by atoms with E-state index in [9.17, 15) is 14.4 Å². The van der Waals surface area contributed by atoms with E-state index < -0.39 is 0 Å². The predicted octanol–water partition coefficient (Wildman–Crippen LogP) is 2.10. The molecule has 1 aliphatic carbocycles. The molecular formula is C22H32N4O3. The van der Waals surface area contributed by atoms with Gasteiger partial charge in [0.15, 0.2) is 0 Å². The van der Waals surface area contributed by atoms with Crippen LogP contribution in [0.3, 0.4) is 0 Å². The number of likely N-dealkylation sites (tertiary alicyclic amines) is 1. The van der Waals surface area contributed by atoms with Crippen LogP contribution in [-0.2, 0) is 9.59 Å². The lowest BCUT2D eigenvalue weighted by Crippen LogP contribution is -2.44. The fourth-order valence-corrected chi connectivity index (χ4v) is 3.81. The number of amides is 3. The van der Waals surface area contributed by atoms with Crippen molar-refractivity contribution in [3.05, 3.63) is 29.8 Å². The second kappa shape index (κ2) is 9.87. The highest BCUT2D eigenvalue weighted by Gasteiger charge is 2.28. The summed E-state index contributed by atoms with van der Waals surface area (Å²) in [5.74, 6) is 0.0140. The SMILES string of the molecule is CCN(CC)C(=O)C1CCN(CC(=O)Nc2ccccc2C(=O)NC2CC2)CC1. The minimum atomic E-state index is -0.140. The van der Waals surface area contributed by atoms with E-state index in [1.165, 1.54) is 0 Å². The molecule has 3 rings (SSSR count). The average molecular weight is 401 g/mol. The Kier molecular flexibility index (Phi) is 7.25. The van der Waals surface area contributed by atoms with Crippen LogP contribution >= 0.6 is 0 Å². The summed E-state index contributed by atoms with van der Waals surface area (Å²) in [6, 6.07) is 7.38. The number of carbonyl (C=O) groups excluding carboxylic acids is 3. The monoisotopic (exact) mass is 400 g/mol. The van der Waals surface area contributed by atoms with Gasteiger partial charge in [0.25, 0.3) is 5.91 Å². The van der Waals surface area contributed by atoms with Crippen LogP contribution in [0.4, 0.5) is 5.69 Å². The number of nitrogens with zero attached hydrogens (tertiary/aromatic N) is 2. The van der Waals surface area contributed by atoms with Gasteiger partial charge in [0, 0.05) is 25.0 Å². The maximum Gasteiger partial charge on any atom is 0.253 e. The Morgan fingerprint density at radius 2 is 1.69 bits per heavy atom. The molecule has 0 bridgehead atoms. The lowest BCUT2D eigenvalue weighted by Gasteiger charge is -2.33. The number of benzene rings is 1. The fraction of sp³-hybridized carbons (Fsp3) is 0.591. The van der Waals surface area contributed by atoms with Crippen molar-refractivity contribution >= 4 is 23.4 Å². The molecule has 29 heavy (non-hydrogen) atoms. The highest BCUT2D eigenvalue weighted by Crippen LogP contribution is 2.22. The van der Waals surface area contributed by atoms with Crippen LogP contribution in [0, 0.1) is 5.92 Å². The summed E-state index contributed by atoms with van der Waals surface area (Å²) in [7, 11) is 0. The summed E-state index contributed by atoms with van der Waals surface area (Å²) in [5, 5.41) is 5.85. The molecule has 2 N–H and O–H groups in total. The Morgan fingerprint density at radius 1 is 1.03 bits per heavy atom. The summed E-state index contributed by atoms with van der Waals surface area (Å²) in [6.07, 6.45) is 3.60. The number of hydrogen-bond acceptors (Lipinski definition) is 4. The van der Waals surface area contributed by atoms with Gasteiger partial charge in [0.05, 0.1) is 17.8 Å². The van der Waals surface area contributed by atoms with Gasteiger partial charge >= 0.3 is 0 Å². The molecule has 1 saturated carbocycles. The predicted molar refractivity (Wildman–Crippen MR) is 113 cm³/mol. The number of para-hydroxylation sites is 1. The van der Waals surface area contributed by atoms with Crippen molar-refractivity contribution in [3.8, 4) is 0 Å². The smallest absolute Gasteiger partial charge is 0.253 e. The topological polar surface area (TPSA) is 81.8 Å². The minimum absolute atomic E-state index is 0.0565. The lowest BCUT2D eigenvalue weighted by molar-refractivity contribution is -0.136. The highest BCUT2D eigenvalue weighted by atomic mass is 16.2. The molecule has 1 aromatic carbocycles. The third kappa shape index (κ3) is 5.79. The second-order valence-corrected chi connectivity index (χ2v) is 7.90. The maximum atomic E-state index is 12.5. The molecule has 0 spiro atoms. The quantitative estimate of drug-likeness (QED) is 0.700. The summed E-state index contributed by atoms with van der Waals surface area (Å²) in [6.45, 7) is 7.22. The molecule has 1 aliphatic heterocycles. The largest absolute Gasteiger partial charge is 0.349 e. The third-order valence-corrected chi connectivity index (χ3v) is 5.74. The molecule has 1 saturated heterocycles. The number of carbonyl (C=O) groups is 3. The molecule has 1 heterocycles. The molecule has 2 fully saturated rings. The van der Waals surface area contributed by atoms with Crippen molar-refractivity contribution in [2.75, 3.05) is 38.0 Å². The summed E-state index contributed by atoms with van der Waals surface area (Å²) in [4.78, 5) is 41.4. The van der Waals surface area contributed by atoms with Gasteiger partial charge in [0.1, 0.15) is 0 Å². The molecule has 1 aromatic rings. The highest BCUT2D eigenvalue weighted by molar-refractivity contribution is 6.04. The lowest BCUT2D eigenvalue weighted by atomic mass is 9.95.